The Hall–Kier alpha value is -2.50. The molecule has 0 spiro atoms. The molecule has 1 amide bonds. The van der Waals surface area contributed by atoms with Crippen LogP contribution in [-0.2, 0) is 17.8 Å². The summed E-state index contributed by atoms with van der Waals surface area (Å²) in [6, 6.07) is 8.00. The zero-order chi connectivity index (χ0) is 17.1. The van der Waals surface area contributed by atoms with Gasteiger partial charge in [0.1, 0.15) is 17.5 Å². The molecule has 3 rings (SSSR count). The lowest BCUT2D eigenvalue weighted by atomic mass is 10.0. The first-order valence-electron chi connectivity index (χ1n) is 7.77. The summed E-state index contributed by atoms with van der Waals surface area (Å²) in [4.78, 5) is 13.7. The topological polar surface area (TPSA) is 32.3 Å². The molecule has 126 valence electrons. The molecule has 0 unspecified atom stereocenters. The number of nitrogens with zero attached hydrogens (tertiary/aromatic N) is 1. The third kappa shape index (κ3) is 3.69. The van der Waals surface area contributed by atoms with E-state index in [-0.39, 0.29) is 24.8 Å². The van der Waals surface area contributed by atoms with Crippen molar-refractivity contribution in [1.29, 1.82) is 0 Å². The zero-order valence-corrected chi connectivity index (χ0v) is 13.0. The van der Waals surface area contributed by atoms with Crippen LogP contribution in [0.5, 0.6) is 0 Å². The molecule has 0 fully saturated rings. The van der Waals surface area contributed by atoms with E-state index >= 15 is 0 Å². The summed E-state index contributed by atoms with van der Waals surface area (Å²) < 4.78 is 40.2. The average Bonchev–Trinajstić information content (AvgIpc) is 2.54. The molecule has 0 bridgehead atoms. The van der Waals surface area contributed by atoms with Crippen molar-refractivity contribution < 1.29 is 18.0 Å². The van der Waals surface area contributed by atoms with Crippen LogP contribution in [0.3, 0.4) is 0 Å². The Labute approximate surface area is 138 Å². The zero-order valence-electron chi connectivity index (χ0n) is 13.0. The number of nitrogens with one attached hydrogen (secondary N) is 1. The molecular weight excluding hydrogens is 317 g/mol. The summed E-state index contributed by atoms with van der Waals surface area (Å²) in [7, 11) is 0. The van der Waals surface area contributed by atoms with Gasteiger partial charge in [-0.05, 0) is 42.2 Å². The molecule has 6 heteroatoms. The van der Waals surface area contributed by atoms with Crippen molar-refractivity contribution in [3.05, 3.63) is 65.0 Å². The molecule has 2 aromatic rings. The first kappa shape index (κ1) is 16.4. The molecule has 3 nitrogen and oxygen atoms in total. The fraction of sp³-hybridized carbons (Fsp3) is 0.278. The van der Waals surface area contributed by atoms with Crippen LogP contribution in [0.1, 0.15) is 17.5 Å². The van der Waals surface area contributed by atoms with Gasteiger partial charge in [-0.2, -0.15) is 0 Å². The predicted octanol–water partition coefficient (Wildman–Crippen LogP) is 3.17. The van der Waals surface area contributed by atoms with Crippen LogP contribution < -0.4 is 10.2 Å². The van der Waals surface area contributed by atoms with Gasteiger partial charge < -0.3 is 10.2 Å². The maximum Gasteiger partial charge on any atom is 0.239 e. The molecule has 0 aliphatic carbocycles. The fourth-order valence-corrected chi connectivity index (χ4v) is 2.93. The van der Waals surface area contributed by atoms with E-state index < -0.39 is 11.6 Å². The maximum atomic E-state index is 14.1. The summed E-state index contributed by atoms with van der Waals surface area (Å²) in [6.07, 6.45) is 1.33. The van der Waals surface area contributed by atoms with Crippen molar-refractivity contribution >= 4 is 11.6 Å². The SMILES string of the molecule is O=C(CN1CCCc2cc(F)cc(F)c21)NCc1ccc(F)cc1. The number of rotatable bonds is 4. The van der Waals surface area contributed by atoms with E-state index in [0.29, 0.717) is 24.2 Å². The molecule has 24 heavy (non-hydrogen) atoms. The number of benzene rings is 2. The second kappa shape index (κ2) is 6.95. The summed E-state index contributed by atoms with van der Waals surface area (Å²) in [5, 5.41) is 2.73. The van der Waals surface area contributed by atoms with Crippen LogP contribution >= 0.6 is 0 Å². The quantitative estimate of drug-likeness (QED) is 0.931. The molecule has 1 N–H and O–H groups in total. The van der Waals surface area contributed by atoms with Gasteiger partial charge in [-0.3, -0.25) is 4.79 Å². The lowest BCUT2D eigenvalue weighted by Gasteiger charge is -2.31. The number of amides is 1. The van der Waals surface area contributed by atoms with E-state index in [4.69, 9.17) is 0 Å². The van der Waals surface area contributed by atoms with Crippen molar-refractivity contribution in [1.82, 2.24) is 5.32 Å². The Morgan fingerprint density at radius 3 is 2.58 bits per heavy atom. The number of carbonyl (C=O) groups is 1. The highest BCUT2D eigenvalue weighted by Gasteiger charge is 2.23. The minimum atomic E-state index is -0.643. The third-order valence-corrected chi connectivity index (χ3v) is 4.03. The van der Waals surface area contributed by atoms with E-state index in [9.17, 15) is 18.0 Å². The molecule has 0 aromatic heterocycles. The van der Waals surface area contributed by atoms with Gasteiger partial charge in [-0.15, -0.1) is 0 Å². The smallest absolute Gasteiger partial charge is 0.239 e. The number of anilines is 1. The average molecular weight is 334 g/mol. The van der Waals surface area contributed by atoms with E-state index in [1.807, 2.05) is 0 Å². The van der Waals surface area contributed by atoms with Gasteiger partial charge in [0.25, 0.3) is 0 Å². The van der Waals surface area contributed by atoms with Crippen LogP contribution in [0.15, 0.2) is 36.4 Å². The molecule has 1 heterocycles. The van der Waals surface area contributed by atoms with Crippen molar-refractivity contribution in [3.8, 4) is 0 Å². The van der Waals surface area contributed by atoms with Crippen molar-refractivity contribution in [2.45, 2.75) is 19.4 Å². The van der Waals surface area contributed by atoms with Crippen LogP contribution in [-0.4, -0.2) is 19.0 Å². The lowest BCUT2D eigenvalue weighted by molar-refractivity contribution is -0.119. The van der Waals surface area contributed by atoms with Gasteiger partial charge in [0, 0.05) is 19.2 Å². The lowest BCUT2D eigenvalue weighted by Crippen LogP contribution is -2.40. The largest absolute Gasteiger partial charge is 0.360 e. The number of aryl methyl sites for hydroxylation is 1. The number of hydrogen-bond donors (Lipinski definition) is 1. The molecule has 0 saturated heterocycles. The number of hydrogen-bond acceptors (Lipinski definition) is 2. The van der Waals surface area contributed by atoms with E-state index in [1.54, 1.807) is 17.0 Å². The Morgan fingerprint density at radius 2 is 1.83 bits per heavy atom. The second-order valence-electron chi connectivity index (χ2n) is 5.82. The Morgan fingerprint density at radius 1 is 1.08 bits per heavy atom. The van der Waals surface area contributed by atoms with Crippen LogP contribution in [0.2, 0.25) is 0 Å². The van der Waals surface area contributed by atoms with E-state index in [0.717, 1.165) is 18.1 Å². The summed E-state index contributed by atoms with van der Waals surface area (Å²) in [5.74, 6) is -1.85. The highest BCUT2D eigenvalue weighted by Crippen LogP contribution is 2.30. The Bertz CT molecular complexity index is 747. The van der Waals surface area contributed by atoms with Crippen LogP contribution in [0.4, 0.5) is 18.9 Å². The first-order valence-corrected chi connectivity index (χ1v) is 7.77. The Balaban J connectivity index is 1.64. The summed E-state index contributed by atoms with van der Waals surface area (Å²) in [6.45, 7) is 0.808. The highest BCUT2D eigenvalue weighted by atomic mass is 19.1. The molecular formula is C18H17F3N2O. The third-order valence-electron chi connectivity index (χ3n) is 4.03. The minimum Gasteiger partial charge on any atom is -0.360 e. The van der Waals surface area contributed by atoms with Crippen LogP contribution in [0, 0.1) is 17.5 Å². The summed E-state index contributed by atoms with van der Waals surface area (Å²) in [5.41, 5.74) is 1.67. The molecule has 1 aliphatic rings. The number of fused-ring (bicyclic) bond motifs is 1. The van der Waals surface area contributed by atoms with Gasteiger partial charge in [-0.1, -0.05) is 12.1 Å². The molecule has 1 aliphatic heterocycles. The first-order chi connectivity index (χ1) is 11.5. The monoisotopic (exact) mass is 334 g/mol. The van der Waals surface area contributed by atoms with Gasteiger partial charge in [0.15, 0.2) is 0 Å². The van der Waals surface area contributed by atoms with Gasteiger partial charge in [0.2, 0.25) is 5.91 Å². The van der Waals surface area contributed by atoms with E-state index in [2.05, 4.69) is 5.32 Å². The van der Waals surface area contributed by atoms with Crippen molar-refractivity contribution in [2.75, 3.05) is 18.0 Å². The second-order valence-corrected chi connectivity index (χ2v) is 5.82. The van der Waals surface area contributed by atoms with Gasteiger partial charge >= 0.3 is 0 Å². The standard InChI is InChI=1S/C18H17F3N2O/c19-14-5-3-12(4-6-14)10-22-17(24)11-23-7-1-2-13-8-15(20)9-16(21)18(13)23/h3-6,8-9H,1-2,7,10-11H2,(H,22,24). The predicted molar refractivity (Wildman–Crippen MR) is 85.1 cm³/mol. The van der Waals surface area contributed by atoms with Gasteiger partial charge in [-0.25, -0.2) is 13.2 Å². The van der Waals surface area contributed by atoms with Crippen molar-refractivity contribution in [3.63, 3.8) is 0 Å². The fourth-order valence-electron chi connectivity index (χ4n) is 2.93. The highest BCUT2D eigenvalue weighted by molar-refractivity contribution is 5.82. The molecule has 0 saturated carbocycles. The van der Waals surface area contributed by atoms with Crippen LogP contribution in [0.25, 0.3) is 0 Å². The molecule has 2 aromatic carbocycles. The Kier molecular flexibility index (Phi) is 4.74. The normalized spacial score (nSPS) is 13.5. The summed E-state index contributed by atoms with van der Waals surface area (Å²) >= 11 is 0. The van der Waals surface area contributed by atoms with Gasteiger partial charge in [0.05, 0.1) is 12.2 Å². The number of carbonyl (C=O) groups excluding carboxylic acids is 1. The molecule has 0 radical (unpaired) electrons. The maximum absolute atomic E-state index is 14.1. The van der Waals surface area contributed by atoms with Crippen molar-refractivity contribution in [2.24, 2.45) is 0 Å². The number of halogens is 3. The van der Waals surface area contributed by atoms with E-state index in [1.165, 1.54) is 18.2 Å². The minimum absolute atomic E-state index is 0.00323. The molecule has 0 atom stereocenters.